The molecule has 0 saturated carbocycles. The first-order valence-corrected chi connectivity index (χ1v) is 14.2. The molecule has 0 amide bonds. The lowest BCUT2D eigenvalue weighted by atomic mass is 9.80. The van der Waals surface area contributed by atoms with Crippen LogP contribution >= 0.6 is 0 Å². The fraction of sp³-hybridized carbons (Fsp3) is 0.0244. The fourth-order valence-corrected chi connectivity index (χ4v) is 6.10. The van der Waals surface area contributed by atoms with E-state index in [-0.39, 0.29) is 0 Å². The van der Waals surface area contributed by atoms with Gasteiger partial charge in [-0.05, 0) is 79.3 Å². The molecule has 6 aromatic rings. The minimum atomic E-state index is 0.934. The van der Waals surface area contributed by atoms with Gasteiger partial charge >= 0.3 is 0 Å². The molecule has 1 aliphatic rings. The van der Waals surface area contributed by atoms with Gasteiger partial charge in [-0.1, -0.05) is 164 Å². The molecule has 0 saturated heterocycles. The predicted molar refractivity (Wildman–Crippen MR) is 174 cm³/mol. The third-order valence-corrected chi connectivity index (χ3v) is 7.96. The van der Waals surface area contributed by atoms with Crippen LogP contribution < -0.4 is 0 Å². The summed E-state index contributed by atoms with van der Waals surface area (Å²) in [5.74, 6) is 0. The lowest BCUT2D eigenvalue weighted by molar-refractivity contribution is 1.25. The summed E-state index contributed by atoms with van der Waals surface area (Å²) in [6, 6.07) is 59.0. The summed E-state index contributed by atoms with van der Waals surface area (Å²) in [6.07, 6.45) is 3.28. The molecule has 6 aromatic carbocycles. The first kappa shape index (κ1) is 24.8. The Kier molecular flexibility index (Phi) is 6.73. The number of fused-ring (bicyclic) bond motifs is 3. The number of allylic oxidation sites excluding steroid dienone is 2. The van der Waals surface area contributed by atoms with Gasteiger partial charge in [0, 0.05) is 0 Å². The largest absolute Gasteiger partial charge is 0.0622 e. The summed E-state index contributed by atoms with van der Waals surface area (Å²) in [5.41, 5.74) is 15.2. The summed E-state index contributed by atoms with van der Waals surface area (Å²) in [6.45, 7) is 0. The summed E-state index contributed by atoms with van der Waals surface area (Å²) in [4.78, 5) is 0. The lowest BCUT2D eigenvalue weighted by Crippen LogP contribution is -2.01. The van der Waals surface area contributed by atoms with Crippen molar-refractivity contribution in [3.05, 3.63) is 203 Å². The monoisotopic (exact) mass is 522 g/mol. The van der Waals surface area contributed by atoms with Crippen LogP contribution in [-0.4, -0.2) is 0 Å². The highest BCUT2D eigenvalue weighted by Crippen LogP contribution is 2.46. The van der Waals surface area contributed by atoms with Crippen molar-refractivity contribution in [1.82, 2.24) is 0 Å². The number of hydrogen-bond acceptors (Lipinski definition) is 0. The molecule has 0 aromatic heterocycles. The Morgan fingerprint density at radius 2 is 0.976 bits per heavy atom. The van der Waals surface area contributed by atoms with Crippen molar-refractivity contribution < 1.29 is 0 Å². The highest BCUT2D eigenvalue weighted by molar-refractivity contribution is 6.21. The number of rotatable bonds is 6. The van der Waals surface area contributed by atoms with Crippen LogP contribution in [0.15, 0.2) is 164 Å². The number of hydrogen-bond donors (Lipinski definition) is 0. The Morgan fingerprint density at radius 1 is 0.439 bits per heavy atom. The predicted octanol–water partition coefficient (Wildman–Crippen LogP) is 10.5. The van der Waals surface area contributed by atoms with Crippen molar-refractivity contribution in [2.24, 2.45) is 0 Å². The summed E-state index contributed by atoms with van der Waals surface area (Å²) < 4.78 is 0. The van der Waals surface area contributed by atoms with Crippen molar-refractivity contribution in [2.45, 2.75) is 6.42 Å². The van der Waals surface area contributed by atoms with E-state index in [1.807, 2.05) is 0 Å². The average molecular weight is 523 g/mol. The molecule has 41 heavy (non-hydrogen) atoms. The maximum absolute atomic E-state index is 2.35. The third-order valence-electron chi connectivity index (χ3n) is 7.96. The van der Waals surface area contributed by atoms with Crippen LogP contribution in [0.1, 0.15) is 38.9 Å². The SMILES string of the molecule is C(=C(C(=C(c1ccccc1)c1cccc2c1Cc1ccccc1-2)c1ccccc1)c1ccccc1)c1ccccc1. The summed E-state index contributed by atoms with van der Waals surface area (Å²) in [7, 11) is 0. The molecule has 0 unspecified atom stereocenters. The van der Waals surface area contributed by atoms with Crippen LogP contribution in [0.2, 0.25) is 0 Å². The van der Waals surface area contributed by atoms with E-state index in [4.69, 9.17) is 0 Å². The molecule has 0 heteroatoms. The van der Waals surface area contributed by atoms with Gasteiger partial charge in [0.2, 0.25) is 0 Å². The second kappa shape index (κ2) is 11.1. The molecule has 7 rings (SSSR count). The van der Waals surface area contributed by atoms with Crippen LogP contribution in [0, 0.1) is 0 Å². The van der Waals surface area contributed by atoms with Crippen LogP contribution in [0.3, 0.4) is 0 Å². The minimum absolute atomic E-state index is 0.934. The topological polar surface area (TPSA) is 0 Å². The molecular weight excluding hydrogens is 492 g/mol. The van der Waals surface area contributed by atoms with Gasteiger partial charge in [-0.25, -0.2) is 0 Å². The van der Waals surface area contributed by atoms with Crippen molar-refractivity contribution in [1.29, 1.82) is 0 Å². The Morgan fingerprint density at radius 3 is 1.66 bits per heavy atom. The van der Waals surface area contributed by atoms with Gasteiger partial charge in [0.05, 0.1) is 0 Å². The second-order valence-electron chi connectivity index (χ2n) is 10.5. The molecule has 0 radical (unpaired) electrons. The average Bonchev–Trinajstić information content (AvgIpc) is 3.44. The van der Waals surface area contributed by atoms with Gasteiger partial charge < -0.3 is 0 Å². The van der Waals surface area contributed by atoms with Crippen LogP contribution in [0.4, 0.5) is 0 Å². The third kappa shape index (κ3) is 4.86. The quantitative estimate of drug-likeness (QED) is 0.150. The molecule has 1 aliphatic carbocycles. The van der Waals surface area contributed by atoms with Crippen molar-refractivity contribution in [3.8, 4) is 11.1 Å². The highest BCUT2D eigenvalue weighted by atomic mass is 14.3. The molecule has 194 valence electrons. The van der Waals surface area contributed by atoms with Gasteiger partial charge in [0.1, 0.15) is 0 Å². The Labute approximate surface area is 242 Å². The van der Waals surface area contributed by atoms with E-state index < -0.39 is 0 Å². The molecule has 0 bridgehead atoms. The fourth-order valence-electron chi connectivity index (χ4n) is 6.10. The van der Waals surface area contributed by atoms with Crippen LogP contribution in [0.25, 0.3) is 33.9 Å². The maximum Gasteiger partial charge on any atom is -0.000728 e. The molecule has 0 spiro atoms. The highest BCUT2D eigenvalue weighted by Gasteiger charge is 2.26. The van der Waals surface area contributed by atoms with Gasteiger partial charge in [0.25, 0.3) is 0 Å². The molecule has 0 N–H and O–H groups in total. The number of benzene rings is 6. The van der Waals surface area contributed by atoms with Gasteiger partial charge in [-0.2, -0.15) is 0 Å². The smallest absolute Gasteiger partial charge is 0.000728 e. The van der Waals surface area contributed by atoms with E-state index in [1.54, 1.807) is 0 Å². The lowest BCUT2D eigenvalue weighted by Gasteiger charge is -2.22. The maximum atomic E-state index is 2.35. The minimum Gasteiger partial charge on any atom is -0.0622 e. The zero-order valence-corrected chi connectivity index (χ0v) is 22.9. The molecule has 0 fully saturated rings. The Hall–Kier alpha value is -5.20. The van der Waals surface area contributed by atoms with Gasteiger partial charge in [-0.15, -0.1) is 0 Å². The molecule has 0 atom stereocenters. The molecule has 0 heterocycles. The van der Waals surface area contributed by atoms with E-state index in [0.717, 1.165) is 6.42 Å². The van der Waals surface area contributed by atoms with E-state index in [1.165, 1.54) is 66.8 Å². The first-order chi connectivity index (χ1) is 20.4. The normalized spacial score (nSPS) is 12.8. The molecule has 0 aliphatic heterocycles. The zero-order valence-electron chi connectivity index (χ0n) is 22.9. The van der Waals surface area contributed by atoms with Crippen molar-refractivity contribution in [3.63, 3.8) is 0 Å². The molecular formula is C41H30. The standard InChI is InChI=1S/C41H30/c1-5-16-30(17-6-1)28-38(31-18-7-2-8-19-31)41(33-22-11-4-12-23-33)40(32-20-9-3-10-21-32)37-27-15-26-36-35-25-14-13-24-34(35)29-39(36)37/h1-28H,29H2. The van der Waals surface area contributed by atoms with E-state index in [9.17, 15) is 0 Å². The van der Waals surface area contributed by atoms with Crippen LogP contribution in [-0.2, 0) is 6.42 Å². The Bertz CT molecular complexity index is 1860. The van der Waals surface area contributed by atoms with Crippen molar-refractivity contribution in [2.75, 3.05) is 0 Å². The second-order valence-corrected chi connectivity index (χ2v) is 10.5. The van der Waals surface area contributed by atoms with E-state index in [2.05, 4.69) is 170 Å². The van der Waals surface area contributed by atoms with Gasteiger partial charge in [0.15, 0.2) is 0 Å². The Balaban J connectivity index is 1.61. The van der Waals surface area contributed by atoms with Gasteiger partial charge in [-0.3, -0.25) is 0 Å². The van der Waals surface area contributed by atoms with E-state index in [0.29, 0.717) is 0 Å². The summed E-state index contributed by atoms with van der Waals surface area (Å²) in [5, 5.41) is 0. The zero-order chi connectivity index (χ0) is 27.4. The first-order valence-electron chi connectivity index (χ1n) is 14.2. The van der Waals surface area contributed by atoms with E-state index >= 15 is 0 Å². The van der Waals surface area contributed by atoms with Crippen molar-refractivity contribution >= 4 is 22.8 Å². The van der Waals surface area contributed by atoms with Crippen LogP contribution in [0.5, 0.6) is 0 Å². The summed E-state index contributed by atoms with van der Waals surface area (Å²) >= 11 is 0. The molecule has 0 nitrogen and oxygen atoms in total.